The SMILES string of the molecule is CC(C)[PH+](c1ccccc1P(=O)(c1ccccc1)c1ccccc1[PH+](C(C)C)C(C)C)C(C)C.O=C1C=CC(=O)O1.[Pd]. The monoisotopic (exact) mass is 716 g/mol. The van der Waals surface area contributed by atoms with Crippen LogP contribution >= 0.6 is 23.0 Å². The van der Waals surface area contributed by atoms with Crippen molar-refractivity contribution in [1.29, 1.82) is 0 Å². The first-order valence-electron chi connectivity index (χ1n) is 14.4. The van der Waals surface area contributed by atoms with Crippen LogP contribution in [0.25, 0.3) is 0 Å². The standard InChI is InChI=1S/C30H41OP3.C4H2O3.Pd/c1-22(2)32(23(3)4)27-18-12-14-20-29(27)34(31,26-16-10-9-11-17-26)30-21-15-13-19-28(30)33(24(5)6)25(7)8;5-3-1-2-4(6)7-3;/h9-25H,1-8H3;1-2H;/p+2. The molecule has 0 aromatic heterocycles. The fourth-order valence-electron chi connectivity index (χ4n) is 5.91. The van der Waals surface area contributed by atoms with Crippen molar-refractivity contribution in [1.82, 2.24) is 0 Å². The van der Waals surface area contributed by atoms with Crippen LogP contribution in [0.1, 0.15) is 55.4 Å². The minimum absolute atomic E-state index is 0. The third kappa shape index (κ3) is 8.47. The van der Waals surface area contributed by atoms with Gasteiger partial charge in [-0.2, -0.15) is 0 Å². The van der Waals surface area contributed by atoms with E-state index in [1.165, 1.54) is 10.6 Å². The van der Waals surface area contributed by atoms with E-state index in [4.69, 9.17) is 0 Å². The zero-order valence-electron chi connectivity index (χ0n) is 25.9. The van der Waals surface area contributed by atoms with Gasteiger partial charge in [0.2, 0.25) is 0 Å². The van der Waals surface area contributed by atoms with E-state index in [2.05, 4.69) is 121 Å². The molecule has 0 amide bonds. The minimum atomic E-state index is -3.07. The Labute approximate surface area is 268 Å². The fraction of sp³-hybridized carbons (Fsp3) is 0.353. The third-order valence-electron chi connectivity index (χ3n) is 7.27. The van der Waals surface area contributed by atoms with Crippen molar-refractivity contribution in [3.05, 3.63) is 91.0 Å². The van der Waals surface area contributed by atoms with Gasteiger partial charge in [-0.1, -0.05) is 54.6 Å². The zero-order valence-corrected chi connectivity index (χ0v) is 30.3. The first-order valence-corrected chi connectivity index (χ1v) is 19.4. The minimum Gasteiger partial charge on any atom is -0.387 e. The Morgan fingerprint density at radius 3 is 1.19 bits per heavy atom. The molecule has 4 rings (SSSR count). The third-order valence-corrected chi connectivity index (χ3v) is 17.9. The van der Waals surface area contributed by atoms with E-state index in [0.29, 0.717) is 22.6 Å². The number of rotatable bonds is 9. The Balaban J connectivity index is 0.000000674. The molecule has 228 valence electrons. The molecule has 0 aliphatic carbocycles. The van der Waals surface area contributed by atoms with Crippen molar-refractivity contribution < 1.29 is 39.3 Å². The van der Waals surface area contributed by atoms with Gasteiger partial charge in [-0.05, 0) is 79.7 Å². The van der Waals surface area contributed by atoms with Gasteiger partial charge in [0, 0.05) is 53.7 Å². The van der Waals surface area contributed by atoms with Gasteiger partial charge < -0.3 is 9.30 Å². The summed E-state index contributed by atoms with van der Waals surface area (Å²) in [7, 11) is -4.89. The summed E-state index contributed by atoms with van der Waals surface area (Å²) >= 11 is 0. The molecule has 0 saturated heterocycles. The average molecular weight is 717 g/mol. The topological polar surface area (TPSA) is 60.4 Å². The molecule has 8 heteroatoms. The number of cyclic esters (lactones) is 2. The summed E-state index contributed by atoms with van der Waals surface area (Å²) in [5.74, 6) is -1.16. The molecule has 0 fully saturated rings. The van der Waals surface area contributed by atoms with Crippen LogP contribution in [0.4, 0.5) is 0 Å². The van der Waals surface area contributed by atoms with Crippen LogP contribution in [0.15, 0.2) is 91.0 Å². The first kappa shape index (κ1) is 36.5. The summed E-state index contributed by atoms with van der Waals surface area (Å²) in [5.41, 5.74) is 2.27. The van der Waals surface area contributed by atoms with E-state index >= 15 is 4.57 Å². The first-order chi connectivity index (χ1) is 19.4. The summed E-state index contributed by atoms with van der Waals surface area (Å²) < 4.78 is 19.8. The number of hydrogen-bond acceptors (Lipinski definition) is 4. The number of carbonyl (C=O) groups excluding carboxylic acids is 2. The molecular formula is C34H45O4P3Pd+2. The molecule has 42 heavy (non-hydrogen) atoms. The number of benzene rings is 3. The summed E-state index contributed by atoms with van der Waals surface area (Å²) in [5, 5.41) is 5.79. The molecule has 0 atom stereocenters. The predicted molar refractivity (Wildman–Crippen MR) is 183 cm³/mol. The van der Waals surface area contributed by atoms with Crippen LogP contribution in [0.2, 0.25) is 0 Å². The summed E-state index contributed by atoms with van der Waals surface area (Å²) in [6, 6.07) is 27.7. The molecule has 0 radical (unpaired) electrons. The van der Waals surface area contributed by atoms with Crippen molar-refractivity contribution in [3.8, 4) is 0 Å². The normalized spacial score (nSPS) is 13.2. The fourth-order valence-corrected chi connectivity index (χ4v) is 16.9. The van der Waals surface area contributed by atoms with Gasteiger partial charge in [0.1, 0.15) is 10.6 Å². The van der Waals surface area contributed by atoms with Gasteiger partial charge in [0.25, 0.3) is 0 Å². The van der Waals surface area contributed by atoms with E-state index in [0.717, 1.165) is 28.1 Å². The van der Waals surface area contributed by atoms with E-state index in [1.54, 1.807) is 0 Å². The molecule has 4 nitrogen and oxygen atoms in total. The van der Waals surface area contributed by atoms with Crippen molar-refractivity contribution in [3.63, 3.8) is 0 Å². The number of ether oxygens (including phenoxy) is 1. The van der Waals surface area contributed by atoms with Crippen molar-refractivity contribution in [2.24, 2.45) is 0 Å². The van der Waals surface area contributed by atoms with Crippen molar-refractivity contribution >= 4 is 61.4 Å². The maximum Gasteiger partial charge on any atom is 0.338 e. The Kier molecular flexibility index (Phi) is 14.2. The van der Waals surface area contributed by atoms with Crippen molar-refractivity contribution in [2.75, 3.05) is 0 Å². The number of esters is 2. The molecule has 3 aromatic rings. The summed E-state index contributed by atoms with van der Waals surface area (Å²) in [6.07, 6.45) is 2.17. The van der Waals surface area contributed by atoms with Gasteiger partial charge in [-0.15, -0.1) is 0 Å². The van der Waals surface area contributed by atoms with E-state index in [1.807, 2.05) is 18.2 Å². The number of hydrogen-bond donors (Lipinski definition) is 0. The Morgan fingerprint density at radius 1 is 0.548 bits per heavy atom. The van der Waals surface area contributed by atoms with Crippen LogP contribution in [0, 0.1) is 0 Å². The molecule has 0 spiro atoms. The molecule has 0 bridgehead atoms. The second-order valence-corrected chi connectivity index (χ2v) is 21.8. The number of carbonyl (C=O) groups is 2. The van der Waals surface area contributed by atoms with Crippen LogP contribution in [0.3, 0.4) is 0 Å². The maximum absolute atomic E-state index is 15.8. The van der Waals surface area contributed by atoms with Crippen LogP contribution < -0.4 is 26.5 Å². The van der Waals surface area contributed by atoms with Gasteiger partial charge in [0.15, 0.2) is 7.14 Å². The van der Waals surface area contributed by atoms with Gasteiger partial charge in [-0.25, -0.2) is 9.59 Å². The molecule has 1 aliphatic rings. The van der Waals surface area contributed by atoms with Gasteiger partial charge in [0.05, 0.1) is 33.2 Å². The van der Waals surface area contributed by atoms with Gasteiger partial charge >= 0.3 is 11.9 Å². The molecule has 3 aromatic carbocycles. The van der Waals surface area contributed by atoms with E-state index in [9.17, 15) is 9.59 Å². The second-order valence-electron chi connectivity index (χ2n) is 11.6. The maximum atomic E-state index is 15.8. The Morgan fingerprint density at radius 2 is 0.881 bits per heavy atom. The molecule has 0 N–H and O–H groups in total. The van der Waals surface area contributed by atoms with Crippen LogP contribution in [-0.4, -0.2) is 34.6 Å². The average Bonchev–Trinajstić information content (AvgIpc) is 3.31. The Bertz CT molecular complexity index is 1320. The van der Waals surface area contributed by atoms with Gasteiger partial charge in [-0.3, -0.25) is 0 Å². The molecule has 0 saturated carbocycles. The molecular weight excluding hydrogens is 672 g/mol. The smallest absolute Gasteiger partial charge is 0.338 e. The van der Waals surface area contributed by atoms with E-state index in [-0.39, 0.29) is 20.4 Å². The molecule has 1 aliphatic heterocycles. The summed E-state index contributed by atoms with van der Waals surface area (Å²) in [6.45, 7) is 18.7. The molecule has 1 heterocycles. The van der Waals surface area contributed by atoms with Crippen LogP contribution in [-0.2, 0) is 39.3 Å². The van der Waals surface area contributed by atoms with Crippen LogP contribution in [0.5, 0.6) is 0 Å². The molecule has 0 unspecified atom stereocenters. The summed E-state index contributed by atoms with van der Waals surface area (Å²) in [4.78, 5) is 19.8. The second kappa shape index (κ2) is 16.4. The van der Waals surface area contributed by atoms with E-state index < -0.39 is 34.9 Å². The largest absolute Gasteiger partial charge is 0.387 e. The van der Waals surface area contributed by atoms with Crippen molar-refractivity contribution in [2.45, 2.75) is 78.0 Å². The quantitative estimate of drug-likeness (QED) is 0.114. The Hall–Kier alpha value is -1.71. The predicted octanol–water partition coefficient (Wildman–Crippen LogP) is 6.26. The zero-order chi connectivity index (χ0) is 30.3.